The van der Waals surface area contributed by atoms with Crippen LogP contribution in [0.25, 0.3) is 11.5 Å². The quantitative estimate of drug-likeness (QED) is 0.652. The summed E-state index contributed by atoms with van der Waals surface area (Å²) in [5.74, 6) is 0.322. The van der Waals surface area contributed by atoms with Crippen LogP contribution in [0.5, 0.6) is 0 Å². The summed E-state index contributed by atoms with van der Waals surface area (Å²) in [5.41, 5.74) is 6.40. The van der Waals surface area contributed by atoms with Crippen molar-refractivity contribution in [1.82, 2.24) is 24.7 Å². The first-order valence-corrected chi connectivity index (χ1v) is 4.31. The molecule has 0 amide bonds. The van der Waals surface area contributed by atoms with Gasteiger partial charge >= 0.3 is 5.69 Å². The third-order valence-electron chi connectivity index (χ3n) is 1.91. The Hall–Kier alpha value is -2.18. The highest BCUT2D eigenvalue weighted by atomic mass is 16.1. The zero-order valence-corrected chi connectivity index (χ0v) is 8.35. The molecule has 15 heavy (non-hydrogen) atoms. The van der Waals surface area contributed by atoms with Crippen LogP contribution in [0.1, 0.15) is 5.69 Å². The largest absolute Gasteiger partial charge is 0.368 e. The van der Waals surface area contributed by atoms with Crippen molar-refractivity contribution >= 4 is 5.95 Å². The molecule has 0 bridgehead atoms. The molecule has 2 rings (SSSR count). The van der Waals surface area contributed by atoms with E-state index in [1.807, 2.05) is 6.92 Å². The van der Waals surface area contributed by atoms with Crippen LogP contribution < -0.4 is 11.4 Å². The van der Waals surface area contributed by atoms with Crippen molar-refractivity contribution < 1.29 is 0 Å². The molecule has 2 aromatic rings. The molecule has 7 heteroatoms. The first-order chi connectivity index (χ1) is 7.06. The minimum atomic E-state index is -0.517. The SMILES string of the molecule is Cc1cc(-c2nc(N)nc(=O)[nH]2)n(C)n1. The summed E-state index contributed by atoms with van der Waals surface area (Å²) in [6.45, 7) is 1.85. The fourth-order valence-electron chi connectivity index (χ4n) is 1.35. The van der Waals surface area contributed by atoms with Gasteiger partial charge in [0.2, 0.25) is 5.95 Å². The summed E-state index contributed by atoms with van der Waals surface area (Å²) in [5, 5.41) is 4.14. The molecule has 7 nitrogen and oxygen atoms in total. The van der Waals surface area contributed by atoms with Crippen LogP contribution in [0.15, 0.2) is 10.9 Å². The second-order valence-electron chi connectivity index (χ2n) is 3.16. The lowest BCUT2D eigenvalue weighted by molar-refractivity contribution is 0.757. The third kappa shape index (κ3) is 1.71. The monoisotopic (exact) mass is 206 g/mol. The van der Waals surface area contributed by atoms with Gasteiger partial charge in [0.15, 0.2) is 5.82 Å². The minimum absolute atomic E-state index is 0.0485. The van der Waals surface area contributed by atoms with Gasteiger partial charge in [-0.05, 0) is 13.0 Å². The molecule has 0 aliphatic carbocycles. The average molecular weight is 206 g/mol. The first-order valence-electron chi connectivity index (χ1n) is 4.31. The van der Waals surface area contributed by atoms with Gasteiger partial charge in [-0.3, -0.25) is 9.67 Å². The van der Waals surface area contributed by atoms with Crippen molar-refractivity contribution in [2.24, 2.45) is 7.05 Å². The number of nitrogens with zero attached hydrogens (tertiary/aromatic N) is 4. The van der Waals surface area contributed by atoms with Crippen LogP contribution in [0.2, 0.25) is 0 Å². The molecule has 0 aliphatic rings. The van der Waals surface area contributed by atoms with Gasteiger partial charge in [-0.2, -0.15) is 15.1 Å². The van der Waals surface area contributed by atoms with Gasteiger partial charge < -0.3 is 5.73 Å². The molecule has 0 saturated heterocycles. The number of nitrogens with one attached hydrogen (secondary N) is 1. The lowest BCUT2D eigenvalue weighted by Crippen LogP contribution is -2.16. The number of nitrogen functional groups attached to an aromatic ring is 1. The standard InChI is InChI=1S/C8H10N6O/c1-4-3-5(14(2)13-4)6-10-7(9)12-8(15)11-6/h3H,1-2H3,(H3,9,10,11,12,15). The van der Waals surface area contributed by atoms with Crippen LogP contribution in [-0.2, 0) is 7.05 Å². The van der Waals surface area contributed by atoms with Gasteiger partial charge in [0.25, 0.3) is 0 Å². The summed E-state index contributed by atoms with van der Waals surface area (Å²) >= 11 is 0. The minimum Gasteiger partial charge on any atom is -0.368 e. The predicted molar refractivity (Wildman–Crippen MR) is 54.0 cm³/mol. The van der Waals surface area contributed by atoms with E-state index in [4.69, 9.17) is 5.73 Å². The summed E-state index contributed by atoms with van der Waals surface area (Å²) in [6.07, 6.45) is 0. The van der Waals surface area contributed by atoms with Crippen LogP contribution in [-0.4, -0.2) is 24.7 Å². The Morgan fingerprint density at radius 2 is 2.20 bits per heavy atom. The van der Waals surface area contributed by atoms with Gasteiger partial charge in [0, 0.05) is 7.05 Å². The van der Waals surface area contributed by atoms with Gasteiger partial charge in [0.1, 0.15) is 5.69 Å². The van der Waals surface area contributed by atoms with E-state index in [0.717, 1.165) is 5.69 Å². The van der Waals surface area contributed by atoms with Crippen molar-refractivity contribution in [2.45, 2.75) is 6.92 Å². The van der Waals surface area contributed by atoms with Crippen molar-refractivity contribution in [3.8, 4) is 11.5 Å². The maximum absolute atomic E-state index is 11.1. The number of anilines is 1. The number of hydrogen-bond donors (Lipinski definition) is 2. The van der Waals surface area contributed by atoms with E-state index in [9.17, 15) is 4.79 Å². The smallest absolute Gasteiger partial charge is 0.349 e. The van der Waals surface area contributed by atoms with E-state index in [2.05, 4.69) is 20.1 Å². The van der Waals surface area contributed by atoms with E-state index in [-0.39, 0.29) is 5.95 Å². The molecule has 0 fully saturated rings. The maximum Gasteiger partial charge on any atom is 0.349 e. The molecular formula is C8H10N6O. The van der Waals surface area contributed by atoms with Gasteiger partial charge in [-0.25, -0.2) is 4.79 Å². The highest BCUT2D eigenvalue weighted by molar-refractivity contribution is 5.50. The van der Waals surface area contributed by atoms with E-state index >= 15 is 0 Å². The van der Waals surface area contributed by atoms with Gasteiger partial charge in [-0.15, -0.1) is 0 Å². The number of rotatable bonds is 1. The summed E-state index contributed by atoms with van der Waals surface area (Å²) < 4.78 is 1.62. The molecule has 0 radical (unpaired) electrons. The number of aromatic nitrogens is 5. The lowest BCUT2D eigenvalue weighted by atomic mass is 10.3. The molecule has 2 aromatic heterocycles. The number of nitrogens with two attached hydrogens (primary N) is 1. The maximum atomic E-state index is 11.1. The Morgan fingerprint density at radius 1 is 1.47 bits per heavy atom. The third-order valence-corrected chi connectivity index (χ3v) is 1.91. The Kier molecular flexibility index (Phi) is 2.00. The highest BCUT2D eigenvalue weighted by Crippen LogP contribution is 2.13. The molecular weight excluding hydrogens is 196 g/mol. The Labute approximate surface area is 85.0 Å². The van der Waals surface area contributed by atoms with Gasteiger partial charge in [-0.1, -0.05) is 0 Å². The molecule has 0 aromatic carbocycles. The molecule has 0 saturated carbocycles. The predicted octanol–water partition coefficient (Wildman–Crippen LogP) is -0.544. The zero-order valence-electron chi connectivity index (χ0n) is 8.35. The van der Waals surface area contributed by atoms with Crippen molar-refractivity contribution in [3.63, 3.8) is 0 Å². The number of aromatic amines is 1. The number of hydrogen-bond acceptors (Lipinski definition) is 5. The molecule has 0 unspecified atom stereocenters. The summed E-state index contributed by atoms with van der Waals surface area (Å²) in [6, 6.07) is 1.80. The molecule has 0 aliphatic heterocycles. The second kappa shape index (κ2) is 3.19. The van der Waals surface area contributed by atoms with Crippen molar-refractivity contribution in [2.75, 3.05) is 5.73 Å². The van der Waals surface area contributed by atoms with Crippen LogP contribution >= 0.6 is 0 Å². The summed E-state index contributed by atoms with van der Waals surface area (Å²) in [4.78, 5) is 20.9. The first kappa shape index (κ1) is 9.38. The average Bonchev–Trinajstić information content (AvgIpc) is 2.43. The topological polar surface area (TPSA) is 102 Å². The fourth-order valence-corrected chi connectivity index (χ4v) is 1.35. The molecule has 2 heterocycles. The zero-order chi connectivity index (χ0) is 11.0. The Balaban J connectivity index is 2.63. The Bertz CT molecular complexity index is 554. The molecule has 0 atom stereocenters. The number of H-pyrrole nitrogens is 1. The van der Waals surface area contributed by atoms with E-state index < -0.39 is 5.69 Å². The second-order valence-corrected chi connectivity index (χ2v) is 3.16. The molecule has 78 valence electrons. The van der Waals surface area contributed by atoms with Crippen molar-refractivity contribution in [3.05, 3.63) is 22.2 Å². The van der Waals surface area contributed by atoms with E-state index in [1.54, 1.807) is 17.8 Å². The fraction of sp³-hybridized carbons (Fsp3) is 0.250. The van der Waals surface area contributed by atoms with Crippen molar-refractivity contribution in [1.29, 1.82) is 0 Å². The highest BCUT2D eigenvalue weighted by Gasteiger charge is 2.08. The number of aryl methyl sites for hydroxylation is 2. The normalized spacial score (nSPS) is 10.5. The van der Waals surface area contributed by atoms with Crippen LogP contribution in [0.3, 0.4) is 0 Å². The lowest BCUT2D eigenvalue weighted by Gasteiger charge is -2.00. The molecule has 3 N–H and O–H groups in total. The van der Waals surface area contributed by atoms with E-state index in [0.29, 0.717) is 11.5 Å². The van der Waals surface area contributed by atoms with Gasteiger partial charge in [0.05, 0.1) is 5.69 Å². The molecule has 0 spiro atoms. The summed E-state index contributed by atoms with van der Waals surface area (Å²) in [7, 11) is 1.76. The Morgan fingerprint density at radius 3 is 2.73 bits per heavy atom. The van der Waals surface area contributed by atoms with E-state index in [1.165, 1.54) is 0 Å². The van der Waals surface area contributed by atoms with Crippen LogP contribution in [0.4, 0.5) is 5.95 Å². The van der Waals surface area contributed by atoms with Crippen LogP contribution in [0, 0.1) is 6.92 Å².